The highest BCUT2D eigenvalue weighted by Crippen LogP contribution is 2.27. The highest BCUT2D eigenvalue weighted by atomic mass is 35.7. The summed E-state index contributed by atoms with van der Waals surface area (Å²) in [6, 6.07) is 0. The van der Waals surface area contributed by atoms with Crippen LogP contribution in [0.3, 0.4) is 0 Å². The summed E-state index contributed by atoms with van der Waals surface area (Å²) in [5.41, 5.74) is 2.17. The van der Waals surface area contributed by atoms with Crippen LogP contribution in [0, 0.1) is 13.8 Å². The van der Waals surface area contributed by atoms with Crippen molar-refractivity contribution in [3.8, 4) is 0 Å². The predicted molar refractivity (Wildman–Crippen MR) is 84.7 cm³/mol. The molecule has 2 aromatic heterocycles. The van der Waals surface area contributed by atoms with E-state index in [0.29, 0.717) is 30.8 Å². The first-order valence-corrected chi connectivity index (χ1v) is 9.86. The number of halogens is 1. The van der Waals surface area contributed by atoms with Crippen LogP contribution in [0.4, 0.5) is 0 Å². The fraction of sp³-hybridized carbons (Fsp3) is 0.538. The maximum atomic E-state index is 11.8. The number of aryl methyl sites for hydroxylation is 3. The Morgan fingerprint density at radius 1 is 1.24 bits per heavy atom. The minimum Gasteiger partial charge on any atom is -0.261 e. The lowest BCUT2D eigenvalue weighted by atomic mass is 10.2. The van der Waals surface area contributed by atoms with Gasteiger partial charge in [0, 0.05) is 15.6 Å². The van der Waals surface area contributed by atoms with Gasteiger partial charge in [0.1, 0.15) is 9.90 Å². The first-order valence-electron chi connectivity index (χ1n) is 6.74. The summed E-state index contributed by atoms with van der Waals surface area (Å²) in [6.45, 7) is 8.23. The van der Waals surface area contributed by atoms with E-state index in [2.05, 4.69) is 10.1 Å². The molecule has 8 heteroatoms. The summed E-state index contributed by atoms with van der Waals surface area (Å²) >= 11 is 1.60. The molecule has 2 rings (SSSR count). The monoisotopic (exact) mass is 347 g/mol. The molecule has 0 radical (unpaired) electrons. The van der Waals surface area contributed by atoms with Crippen LogP contribution in [0.25, 0.3) is 0 Å². The van der Waals surface area contributed by atoms with Crippen molar-refractivity contribution in [2.45, 2.75) is 52.0 Å². The van der Waals surface area contributed by atoms with Crippen LogP contribution < -0.4 is 0 Å². The van der Waals surface area contributed by atoms with E-state index in [1.54, 1.807) is 16.0 Å². The largest absolute Gasteiger partial charge is 0.264 e. The zero-order valence-electron chi connectivity index (χ0n) is 12.5. The van der Waals surface area contributed by atoms with Crippen molar-refractivity contribution in [2.24, 2.45) is 0 Å². The van der Waals surface area contributed by atoms with Crippen molar-refractivity contribution in [3.63, 3.8) is 0 Å². The minimum absolute atomic E-state index is 0.166. The van der Waals surface area contributed by atoms with E-state index in [1.165, 1.54) is 0 Å². The van der Waals surface area contributed by atoms with E-state index >= 15 is 0 Å². The highest BCUT2D eigenvalue weighted by molar-refractivity contribution is 8.13. The summed E-state index contributed by atoms with van der Waals surface area (Å²) in [5.74, 6) is 0. The second-order valence-electron chi connectivity index (χ2n) is 4.77. The van der Waals surface area contributed by atoms with Crippen molar-refractivity contribution in [1.82, 2.24) is 14.8 Å². The van der Waals surface area contributed by atoms with E-state index in [4.69, 9.17) is 10.7 Å². The van der Waals surface area contributed by atoms with Crippen LogP contribution in [0.2, 0.25) is 0 Å². The van der Waals surface area contributed by atoms with E-state index in [0.717, 1.165) is 15.6 Å². The zero-order valence-corrected chi connectivity index (χ0v) is 14.9. The Kier molecular flexibility index (Phi) is 4.75. The van der Waals surface area contributed by atoms with Gasteiger partial charge < -0.3 is 0 Å². The average molecular weight is 348 g/mol. The first-order chi connectivity index (χ1) is 9.77. The second-order valence-corrected chi connectivity index (χ2v) is 8.56. The standard InChI is InChI=1S/C13H18ClN3O2S2/c1-5-10-13(21(14,18)19)11(6-2)17(16-10)7-12-15-8(3)9(4)20-12/h5-7H2,1-4H3. The molecular weight excluding hydrogens is 330 g/mol. The Hall–Kier alpha value is -0.920. The van der Waals surface area contributed by atoms with Gasteiger partial charge in [-0.15, -0.1) is 11.3 Å². The molecule has 0 aliphatic carbocycles. The van der Waals surface area contributed by atoms with Gasteiger partial charge in [-0.1, -0.05) is 13.8 Å². The van der Waals surface area contributed by atoms with Gasteiger partial charge in [0.05, 0.1) is 23.6 Å². The third-order valence-corrected chi connectivity index (χ3v) is 5.83. The van der Waals surface area contributed by atoms with Gasteiger partial charge in [-0.3, -0.25) is 4.68 Å². The lowest BCUT2D eigenvalue weighted by Gasteiger charge is -2.04. The molecule has 0 saturated heterocycles. The number of rotatable bonds is 5. The molecule has 116 valence electrons. The fourth-order valence-electron chi connectivity index (χ4n) is 2.26. The lowest BCUT2D eigenvalue weighted by Crippen LogP contribution is -2.07. The van der Waals surface area contributed by atoms with Gasteiger partial charge >= 0.3 is 0 Å². The summed E-state index contributed by atoms with van der Waals surface area (Å²) < 4.78 is 25.3. The molecule has 2 heterocycles. The predicted octanol–water partition coefficient (Wildman–Crippen LogP) is 3.06. The third-order valence-electron chi connectivity index (χ3n) is 3.35. The van der Waals surface area contributed by atoms with Crippen LogP contribution in [-0.4, -0.2) is 23.2 Å². The summed E-state index contributed by atoms with van der Waals surface area (Å²) in [6.07, 6.45) is 1.08. The molecule has 0 bridgehead atoms. The number of nitrogens with zero attached hydrogens (tertiary/aromatic N) is 3. The van der Waals surface area contributed by atoms with Crippen molar-refractivity contribution < 1.29 is 8.42 Å². The average Bonchev–Trinajstić information content (AvgIpc) is 2.90. The van der Waals surface area contributed by atoms with Gasteiger partial charge in [-0.25, -0.2) is 13.4 Å². The molecule has 0 atom stereocenters. The number of hydrogen-bond donors (Lipinski definition) is 0. The van der Waals surface area contributed by atoms with Crippen LogP contribution in [0.5, 0.6) is 0 Å². The normalized spacial score (nSPS) is 12.0. The molecular formula is C13H18ClN3O2S2. The van der Waals surface area contributed by atoms with Gasteiger partial charge in [0.2, 0.25) is 0 Å². The van der Waals surface area contributed by atoms with Crippen LogP contribution in [0.1, 0.15) is 40.8 Å². The molecule has 21 heavy (non-hydrogen) atoms. The maximum Gasteiger partial charge on any atom is 0.264 e. The molecule has 0 aliphatic rings. The Labute approximate surface area is 133 Å². The molecule has 0 amide bonds. The summed E-state index contributed by atoms with van der Waals surface area (Å²) in [5, 5.41) is 5.34. The third kappa shape index (κ3) is 3.30. The van der Waals surface area contributed by atoms with Gasteiger partial charge in [-0.05, 0) is 26.7 Å². The highest BCUT2D eigenvalue weighted by Gasteiger charge is 2.25. The molecule has 0 fully saturated rings. The van der Waals surface area contributed by atoms with Crippen LogP contribution >= 0.6 is 22.0 Å². The minimum atomic E-state index is -3.79. The number of thiazole rings is 1. The quantitative estimate of drug-likeness (QED) is 0.780. The van der Waals surface area contributed by atoms with Crippen molar-refractivity contribution >= 4 is 31.1 Å². The molecule has 2 aromatic rings. The Morgan fingerprint density at radius 3 is 2.33 bits per heavy atom. The fourth-order valence-corrected chi connectivity index (χ4v) is 4.71. The maximum absolute atomic E-state index is 11.8. The second kappa shape index (κ2) is 6.06. The molecule has 5 nitrogen and oxygen atoms in total. The zero-order chi connectivity index (χ0) is 15.8. The van der Waals surface area contributed by atoms with E-state index < -0.39 is 9.05 Å². The smallest absolute Gasteiger partial charge is 0.261 e. The molecule has 0 saturated carbocycles. The van der Waals surface area contributed by atoms with E-state index in [-0.39, 0.29) is 4.90 Å². The molecule has 0 aromatic carbocycles. The van der Waals surface area contributed by atoms with E-state index in [9.17, 15) is 8.42 Å². The lowest BCUT2D eigenvalue weighted by molar-refractivity contribution is 0.605. The number of hydrogen-bond acceptors (Lipinski definition) is 5. The van der Waals surface area contributed by atoms with Crippen molar-refractivity contribution in [3.05, 3.63) is 27.0 Å². The Bertz CT molecular complexity index is 743. The molecule has 0 spiro atoms. The molecule has 0 N–H and O–H groups in total. The van der Waals surface area contributed by atoms with Crippen LogP contribution in [0.15, 0.2) is 4.90 Å². The summed E-state index contributed by atoms with van der Waals surface area (Å²) in [4.78, 5) is 5.81. The Morgan fingerprint density at radius 2 is 1.90 bits per heavy atom. The van der Waals surface area contributed by atoms with Crippen molar-refractivity contribution in [1.29, 1.82) is 0 Å². The summed E-state index contributed by atoms with van der Waals surface area (Å²) in [7, 11) is 1.79. The van der Waals surface area contributed by atoms with E-state index in [1.807, 2.05) is 27.7 Å². The first kappa shape index (κ1) is 16.5. The molecule has 0 aliphatic heterocycles. The SMILES string of the molecule is CCc1nn(Cc2nc(C)c(C)s2)c(CC)c1S(=O)(=O)Cl. The molecule has 0 unspecified atom stereocenters. The number of aromatic nitrogens is 3. The van der Waals surface area contributed by atoms with Crippen molar-refractivity contribution in [2.75, 3.05) is 0 Å². The Balaban J connectivity index is 2.52. The van der Waals surface area contributed by atoms with Gasteiger partial charge in [-0.2, -0.15) is 5.10 Å². The van der Waals surface area contributed by atoms with Crippen LogP contribution in [-0.2, 0) is 28.4 Å². The van der Waals surface area contributed by atoms with Gasteiger partial charge in [0.25, 0.3) is 9.05 Å². The topological polar surface area (TPSA) is 64.8 Å². The van der Waals surface area contributed by atoms with Gasteiger partial charge in [0.15, 0.2) is 0 Å².